The molecule has 0 bridgehead atoms. The minimum Gasteiger partial charge on any atom is -0.391 e. The first-order valence-corrected chi connectivity index (χ1v) is 6.77. The Morgan fingerprint density at radius 3 is 2.56 bits per heavy atom. The van der Waals surface area contributed by atoms with Crippen LogP contribution in [-0.2, 0) is 0 Å². The maximum atomic E-state index is 10.0. The Morgan fingerprint density at radius 2 is 1.94 bits per heavy atom. The molecule has 1 N–H and O–H groups in total. The van der Waals surface area contributed by atoms with Crippen LogP contribution in [0.1, 0.15) is 38.5 Å². The van der Waals surface area contributed by atoms with E-state index in [2.05, 4.69) is 23.9 Å². The molecule has 0 aromatic heterocycles. The van der Waals surface area contributed by atoms with Gasteiger partial charge < -0.3 is 10.0 Å². The fourth-order valence-electron chi connectivity index (χ4n) is 3.28. The Balaban J connectivity index is 1.84. The summed E-state index contributed by atoms with van der Waals surface area (Å²) in [5, 5.41) is 10.0. The minimum absolute atomic E-state index is 0.0922. The van der Waals surface area contributed by atoms with Crippen LogP contribution in [0, 0.1) is 0 Å². The summed E-state index contributed by atoms with van der Waals surface area (Å²) in [7, 11) is 4.41. The van der Waals surface area contributed by atoms with Crippen LogP contribution in [0.3, 0.4) is 0 Å². The highest BCUT2D eigenvalue weighted by molar-refractivity contribution is 4.86. The highest BCUT2D eigenvalue weighted by atomic mass is 16.3. The average Bonchev–Trinajstić information content (AvgIpc) is 2.65. The van der Waals surface area contributed by atoms with Crippen LogP contribution in [0.5, 0.6) is 0 Å². The Morgan fingerprint density at radius 1 is 1.19 bits per heavy atom. The van der Waals surface area contributed by atoms with E-state index in [1.807, 2.05) is 0 Å². The Bertz CT molecular complexity index is 222. The highest BCUT2D eigenvalue weighted by Crippen LogP contribution is 2.24. The van der Waals surface area contributed by atoms with Crippen molar-refractivity contribution in [1.29, 1.82) is 0 Å². The second-order valence-electron chi connectivity index (χ2n) is 5.64. The van der Waals surface area contributed by atoms with Crippen LogP contribution in [0.25, 0.3) is 0 Å². The normalized spacial score (nSPS) is 37.1. The minimum atomic E-state index is -0.0922. The van der Waals surface area contributed by atoms with E-state index in [0.717, 1.165) is 13.0 Å². The van der Waals surface area contributed by atoms with Crippen molar-refractivity contribution in [3.63, 3.8) is 0 Å². The number of nitrogens with zero attached hydrogens (tertiary/aromatic N) is 2. The molecule has 94 valence electrons. The molecule has 3 nitrogen and oxygen atoms in total. The first kappa shape index (κ1) is 12.3. The lowest BCUT2D eigenvalue weighted by atomic mass is 9.91. The average molecular weight is 226 g/mol. The molecule has 3 unspecified atom stereocenters. The van der Waals surface area contributed by atoms with Crippen molar-refractivity contribution in [2.75, 3.05) is 27.2 Å². The quantitative estimate of drug-likeness (QED) is 0.786. The summed E-state index contributed by atoms with van der Waals surface area (Å²) in [6, 6.07) is 1.11. The molecule has 0 amide bonds. The van der Waals surface area contributed by atoms with Crippen molar-refractivity contribution in [2.45, 2.75) is 56.7 Å². The van der Waals surface area contributed by atoms with Crippen LogP contribution in [0.2, 0.25) is 0 Å². The molecule has 2 rings (SSSR count). The summed E-state index contributed by atoms with van der Waals surface area (Å²) in [5.74, 6) is 0. The smallest absolute Gasteiger partial charge is 0.0695 e. The lowest BCUT2D eigenvalue weighted by Gasteiger charge is -2.37. The summed E-state index contributed by atoms with van der Waals surface area (Å²) in [5.41, 5.74) is 0. The van der Waals surface area contributed by atoms with Gasteiger partial charge in [0.2, 0.25) is 0 Å². The van der Waals surface area contributed by atoms with Gasteiger partial charge in [0.1, 0.15) is 0 Å². The zero-order chi connectivity index (χ0) is 11.5. The zero-order valence-electron chi connectivity index (χ0n) is 10.7. The summed E-state index contributed by atoms with van der Waals surface area (Å²) >= 11 is 0. The lowest BCUT2D eigenvalue weighted by molar-refractivity contribution is 0.0238. The second kappa shape index (κ2) is 5.48. The van der Waals surface area contributed by atoms with Crippen molar-refractivity contribution in [2.24, 2.45) is 0 Å². The highest BCUT2D eigenvalue weighted by Gasteiger charge is 2.29. The predicted molar refractivity (Wildman–Crippen MR) is 66.5 cm³/mol. The van der Waals surface area contributed by atoms with E-state index in [-0.39, 0.29) is 6.10 Å². The van der Waals surface area contributed by atoms with E-state index in [9.17, 15) is 5.11 Å². The van der Waals surface area contributed by atoms with Gasteiger partial charge in [-0.05, 0) is 46.3 Å². The second-order valence-corrected chi connectivity index (χ2v) is 5.64. The van der Waals surface area contributed by atoms with Crippen molar-refractivity contribution in [1.82, 2.24) is 9.80 Å². The standard InChI is InChI=1S/C13H26N2O/c1-14-9-5-6-11(14)10-15(2)12-7-3-4-8-13(12)16/h11-13,16H,3-10H2,1-2H3. The Labute approximate surface area is 99.4 Å². The topological polar surface area (TPSA) is 26.7 Å². The molecule has 3 atom stereocenters. The first-order chi connectivity index (χ1) is 7.68. The van der Waals surface area contributed by atoms with Crippen LogP contribution in [-0.4, -0.2) is 60.3 Å². The van der Waals surface area contributed by atoms with Gasteiger partial charge in [0.15, 0.2) is 0 Å². The third kappa shape index (κ3) is 2.76. The van der Waals surface area contributed by atoms with E-state index in [1.165, 1.54) is 38.6 Å². The molecule has 1 aliphatic heterocycles. The van der Waals surface area contributed by atoms with Crippen LogP contribution < -0.4 is 0 Å². The van der Waals surface area contributed by atoms with Crippen molar-refractivity contribution in [3.05, 3.63) is 0 Å². The van der Waals surface area contributed by atoms with Gasteiger partial charge in [0, 0.05) is 18.6 Å². The monoisotopic (exact) mass is 226 g/mol. The third-order valence-corrected chi connectivity index (χ3v) is 4.43. The Hall–Kier alpha value is -0.120. The lowest BCUT2D eigenvalue weighted by Crippen LogP contribution is -2.47. The van der Waals surface area contributed by atoms with Crippen LogP contribution in [0.4, 0.5) is 0 Å². The van der Waals surface area contributed by atoms with Gasteiger partial charge in [-0.1, -0.05) is 12.8 Å². The fraction of sp³-hybridized carbons (Fsp3) is 1.00. The fourth-order valence-corrected chi connectivity index (χ4v) is 3.28. The van der Waals surface area contributed by atoms with E-state index >= 15 is 0 Å². The molecule has 0 radical (unpaired) electrons. The molecule has 2 aliphatic rings. The predicted octanol–water partition coefficient (Wildman–Crippen LogP) is 1.32. The molecule has 0 aromatic carbocycles. The summed E-state index contributed by atoms with van der Waals surface area (Å²) < 4.78 is 0. The molecule has 3 heteroatoms. The molecule has 1 saturated carbocycles. The zero-order valence-corrected chi connectivity index (χ0v) is 10.7. The van der Waals surface area contributed by atoms with E-state index in [1.54, 1.807) is 0 Å². The maximum Gasteiger partial charge on any atom is 0.0695 e. The number of likely N-dealkylation sites (tertiary alicyclic amines) is 1. The number of hydrogen-bond donors (Lipinski definition) is 1. The third-order valence-electron chi connectivity index (χ3n) is 4.43. The van der Waals surface area contributed by atoms with Gasteiger partial charge in [-0.25, -0.2) is 0 Å². The van der Waals surface area contributed by atoms with E-state index in [4.69, 9.17) is 0 Å². The van der Waals surface area contributed by atoms with E-state index in [0.29, 0.717) is 12.1 Å². The molecule has 16 heavy (non-hydrogen) atoms. The molecule has 2 fully saturated rings. The van der Waals surface area contributed by atoms with Crippen molar-refractivity contribution < 1.29 is 5.11 Å². The number of likely N-dealkylation sites (N-methyl/N-ethyl adjacent to an activating group) is 2. The van der Waals surface area contributed by atoms with Crippen molar-refractivity contribution >= 4 is 0 Å². The summed E-state index contributed by atoms with van der Waals surface area (Å²) in [4.78, 5) is 4.86. The molecule has 1 saturated heterocycles. The van der Waals surface area contributed by atoms with E-state index < -0.39 is 0 Å². The van der Waals surface area contributed by atoms with Crippen LogP contribution in [0.15, 0.2) is 0 Å². The van der Waals surface area contributed by atoms with Gasteiger partial charge in [-0.2, -0.15) is 0 Å². The molecule has 0 aromatic rings. The van der Waals surface area contributed by atoms with Gasteiger partial charge in [-0.3, -0.25) is 4.90 Å². The SMILES string of the molecule is CN1CCCC1CN(C)C1CCCCC1O. The summed E-state index contributed by atoms with van der Waals surface area (Å²) in [6.07, 6.45) is 7.22. The largest absolute Gasteiger partial charge is 0.391 e. The first-order valence-electron chi connectivity index (χ1n) is 6.77. The number of hydrogen-bond acceptors (Lipinski definition) is 3. The van der Waals surface area contributed by atoms with Gasteiger partial charge in [-0.15, -0.1) is 0 Å². The van der Waals surface area contributed by atoms with Gasteiger partial charge in [0.05, 0.1) is 6.10 Å². The summed E-state index contributed by atoms with van der Waals surface area (Å²) in [6.45, 7) is 2.37. The van der Waals surface area contributed by atoms with Crippen LogP contribution >= 0.6 is 0 Å². The number of rotatable bonds is 3. The molecule has 1 aliphatic carbocycles. The van der Waals surface area contributed by atoms with Gasteiger partial charge >= 0.3 is 0 Å². The number of aliphatic hydroxyl groups is 1. The van der Waals surface area contributed by atoms with Crippen molar-refractivity contribution in [3.8, 4) is 0 Å². The molecule has 0 spiro atoms. The maximum absolute atomic E-state index is 10.0. The number of aliphatic hydroxyl groups excluding tert-OH is 1. The van der Waals surface area contributed by atoms with Gasteiger partial charge in [0.25, 0.3) is 0 Å². The molecular weight excluding hydrogens is 200 g/mol. The Kier molecular flexibility index (Phi) is 4.22. The molecule has 1 heterocycles. The molecular formula is C13H26N2O.